The van der Waals surface area contributed by atoms with Crippen LogP contribution in [0, 0.1) is 3.57 Å². The van der Waals surface area contributed by atoms with Gasteiger partial charge in [-0.1, -0.05) is 48.3 Å². The van der Waals surface area contributed by atoms with Crippen molar-refractivity contribution >= 4 is 45.8 Å². The fourth-order valence-corrected chi connectivity index (χ4v) is 2.88. The Morgan fingerprint density at radius 2 is 1.76 bits per heavy atom. The maximum absolute atomic E-state index is 6.15. The second-order valence-corrected chi connectivity index (χ2v) is 7.07. The van der Waals surface area contributed by atoms with Gasteiger partial charge in [-0.25, -0.2) is 0 Å². The van der Waals surface area contributed by atoms with E-state index in [9.17, 15) is 0 Å². The van der Waals surface area contributed by atoms with Crippen molar-refractivity contribution in [3.8, 4) is 0 Å². The fraction of sp³-hybridized carbons (Fsp3) is 0.294. The molecule has 0 saturated heterocycles. The molecule has 0 saturated carbocycles. The summed E-state index contributed by atoms with van der Waals surface area (Å²) in [5.74, 6) is 0. The summed E-state index contributed by atoms with van der Waals surface area (Å²) in [6.45, 7) is 3.15. The summed E-state index contributed by atoms with van der Waals surface area (Å²) in [7, 11) is 0. The molecule has 4 heteroatoms. The highest BCUT2D eigenvalue weighted by atomic mass is 127. The number of hydrogen-bond donors (Lipinski definition) is 1. The average molecular weight is 434 g/mol. The van der Waals surface area contributed by atoms with Crippen molar-refractivity contribution in [2.75, 3.05) is 6.54 Å². The van der Waals surface area contributed by atoms with E-state index in [1.165, 1.54) is 14.7 Å². The van der Waals surface area contributed by atoms with Crippen molar-refractivity contribution in [1.82, 2.24) is 5.32 Å². The largest absolute Gasteiger partial charge is 0.310 e. The van der Waals surface area contributed by atoms with E-state index in [0.717, 1.165) is 19.4 Å². The average Bonchev–Trinajstić information content (AvgIpc) is 2.48. The van der Waals surface area contributed by atoms with E-state index in [4.69, 9.17) is 23.2 Å². The topological polar surface area (TPSA) is 12.0 Å². The minimum Gasteiger partial charge on any atom is -0.310 e. The zero-order valence-electron chi connectivity index (χ0n) is 11.9. The Morgan fingerprint density at radius 1 is 1.05 bits per heavy atom. The molecule has 21 heavy (non-hydrogen) atoms. The predicted octanol–water partition coefficient (Wildman–Crippen LogP) is 5.88. The zero-order valence-corrected chi connectivity index (χ0v) is 15.5. The van der Waals surface area contributed by atoms with Crippen LogP contribution in [0.5, 0.6) is 0 Å². The lowest BCUT2D eigenvalue weighted by Gasteiger charge is -2.20. The molecule has 2 rings (SSSR count). The summed E-state index contributed by atoms with van der Waals surface area (Å²) < 4.78 is 1.25. The van der Waals surface area contributed by atoms with Gasteiger partial charge in [0.25, 0.3) is 0 Å². The van der Waals surface area contributed by atoms with E-state index < -0.39 is 0 Å². The quantitative estimate of drug-likeness (QED) is 0.560. The Labute approximate surface area is 150 Å². The molecule has 0 aliphatic rings. The molecule has 1 nitrogen and oxygen atoms in total. The first-order valence-electron chi connectivity index (χ1n) is 7.03. The highest BCUT2D eigenvalue weighted by Crippen LogP contribution is 2.27. The summed E-state index contributed by atoms with van der Waals surface area (Å²) >= 11 is 14.5. The number of rotatable bonds is 6. The summed E-state index contributed by atoms with van der Waals surface area (Å²) in [4.78, 5) is 0. The molecule has 1 unspecified atom stereocenters. The van der Waals surface area contributed by atoms with Crippen molar-refractivity contribution in [3.63, 3.8) is 0 Å². The van der Waals surface area contributed by atoms with Gasteiger partial charge in [-0.05, 0) is 77.4 Å². The Bertz CT molecular complexity index is 584. The minimum atomic E-state index is 0.250. The van der Waals surface area contributed by atoms with Crippen LogP contribution < -0.4 is 5.32 Å². The predicted molar refractivity (Wildman–Crippen MR) is 100 cm³/mol. The molecule has 0 aliphatic carbocycles. The second-order valence-electron chi connectivity index (χ2n) is 5.01. The van der Waals surface area contributed by atoms with Crippen LogP contribution in [0.15, 0.2) is 42.5 Å². The molecule has 1 N–H and O–H groups in total. The molecule has 0 aromatic heterocycles. The van der Waals surface area contributed by atoms with Crippen molar-refractivity contribution in [3.05, 3.63) is 67.2 Å². The lowest BCUT2D eigenvalue weighted by Crippen LogP contribution is -2.24. The second kappa shape index (κ2) is 8.37. The number of benzene rings is 2. The highest BCUT2D eigenvalue weighted by Gasteiger charge is 2.13. The molecule has 0 heterocycles. The van der Waals surface area contributed by atoms with Gasteiger partial charge in [0.15, 0.2) is 0 Å². The van der Waals surface area contributed by atoms with Crippen LogP contribution in [0.4, 0.5) is 0 Å². The first-order chi connectivity index (χ1) is 10.1. The molecule has 0 bridgehead atoms. The van der Waals surface area contributed by atoms with E-state index in [1.54, 1.807) is 0 Å². The Kier molecular flexibility index (Phi) is 6.80. The Hall–Kier alpha value is -0.290. The molecule has 0 amide bonds. The third-order valence-electron chi connectivity index (χ3n) is 3.34. The molecule has 0 aliphatic heterocycles. The molecule has 1 atom stereocenters. The first-order valence-corrected chi connectivity index (χ1v) is 8.86. The van der Waals surface area contributed by atoms with Crippen LogP contribution in [0.25, 0.3) is 0 Å². The zero-order chi connectivity index (χ0) is 15.2. The van der Waals surface area contributed by atoms with Gasteiger partial charge < -0.3 is 5.32 Å². The van der Waals surface area contributed by atoms with Crippen LogP contribution in [0.3, 0.4) is 0 Å². The van der Waals surface area contributed by atoms with Crippen LogP contribution in [-0.2, 0) is 6.42 Å². The summed E-state index contributed by atoms with van der Waals surface area (Å²) in [6, 6.07) is 14.8. The molecule has 0 fully saturated rings. The maximum atomic E-state index is 6.15. The monoisotopic (exact) mass is 433 g/mol. The smallest absolute Gasteiger partial charge is 0.0595 e. The Morgan fingerprint density at radius 3 is 2.38 bits per heavy atom. The number of halogens is 3. The van der Waals surface area contributed by atoms with Crippen molar-refractivity contribution in [2.45, 2.75) is 25.8 Å². The molecular weight excluding hydrogens is 416 g/mol. The van der Waals surface area contributed by atoms with Crippen molar-refractivity contribution in [1.29, 1.82) is 0 Å². The highest BCUT2D eigenvalue weighted by molar-refractivity contribution is 14.1. The molecule has 112 valence electrons. The van der Waals surface area contributed by atoms with E-state index in [-0.39, 0.29) is 6.04 Å². The number of hydrogen-bond acceptors (Lipinski definition) is 1. The normalized spacial score (nSPS) is 12.4. The summed E-state index contributed by atoms with van der Waals surface area (Å²) in [5, 5.41) is 4.80. The summed E-state index contributed by atoms with van der Waals surface area (Å²) in [6.07, 6.45) is 2.04. The standard InChI is InChI=1S/C17H18Cl2IN/c1-2-9-21-17(10-12-3-6-14(20)7-4-12)13-5-8-15(18)16(19)11-13/h3-8,11,17,21H,2,9-10H2,1H3. The Balaban J connectivity index is 2.20. The van der Waals surface area contributed by atoms with Crippen molar-refractivity contribution < 1.29 is 0 Å². The third kappa shape index (κ3) is 5.13. The van der Waals surface area contributed by atoms with Gasteiger partial charge in [0, 0.05) is 9.61 Å². The van der Waals surface area contributed by atoms with E-state index >= 15 is 0 Å². The summed E-state index contributed by atoms with van der Waals surface area (Å²) in [5.41, 5.74) is 2.49. The van der Waals surface area contributed by atoms with E-state index in [0.29, 0.717) is 10.0 Å². The lowest BCUT2D eigenvalue weighted by molar-refractivity contribution is 0.529. The molecule has 0 radical (unpaired) electrons. The van der Waals surface area contributed by atoms with Gasteiger partial charge in [0.2, 0.25) is 0 Å². The lowest BCUT2D eigenvalue weighted by atomic mass is 9.99. The first kappa shape index (κ1) is 17.1. The van der Waals surface area contributed by atoms with Gasteiger partial charge in [-0.15, -0.1) is 0 Å². The SMILES string of the molecule is CCCNC(Cc1ccc(I)cc1)c1ccc(Cl)c(Cl)c1. The van der Waals surface area contributed by atoms with Gasteiger partial charge in [0.1, 0.15) is 0 Å². The van der Waals surface area contributed by atoms with Crippen LogP contribution in [0.1, 0.15) is 30.5 Å². The molecule has 2 aromatic carbocycles. The minimum absolute atomic E-state index is 0.250. The van der Waals surface area contributed by atoms with Crippen LogP contribution >= 0.6 is 45.8 Å². The van der Waals surface area contributed by atoms with Gasteiger partial charge in [-0.2, -0.15) is 0 Å². The molecule has 0 spiro atoms. The maximum Gasteiger partial charge on any atom is 0.0595 e. The van der Waals surface area contributed by atoms with Crippen LogP contribution in [0.2, 0.25) is 10.0 Å². The third-order valence-corrected chi connectivity index (χ3v) is 4.80. The molecule has 2 aromatic rings. The van der Waals surface area contributed by atoms with Crippen LogP contribution in [-0.4, -0.2) is 6.54 Å². The molecular formula is C17H18Cl2IN. The number of nitrogens with one attached hydrogen (secondary N) is 1. The van der Waals surface area contributed by atoms with E-state index in [2.05, 4.69) is 59.1 Å². The fourth-order valence-electron chi connectivity index (χ4n) is 2.21. The van der Waals surface area contributed by atoms with E-state index in [1.807, 2.05) is 18.2 Å². The van der Waals surface area contributed by atoms with Crippen molar-refractivity contribution in [2.24, 2.45) is 0 Å². The van der Waals surface area contributed by atoms with Gasteiger partial charge >= 0.3 is 0 Å². The van der Waals surface area contributed by atoms with Gasteiger partial charge in [0.05, 0.1) is 10.0 Å². The van der Waals surface area contributed by atoms with Gasteiger partial charge in [-0.3, -0.25) is 0 Å².